The Hall–Kier alpha value is -2.64. The van der Waals surface area contributed by atoms with Gasteiger partial charge in [-0.25, -0.2) is 4.68 Å². The fourth-order valence-corrected chi connectivity index (χ4v) is 2.99. The fraction of sp³-hybridized carbons (Fsp3) is 0.300. The standard InChI is InChI=1S/C20H24N4O2S/c1-4-26-18-9-5-15(6-10-18)13-23(2)14-24-20(27)21-19(22-24)16-7-11-17(25-3)12-8-16/h5-12H,4,13-14H2,1-3H3,(H,21,22,27). The number of aromatic nitrogens is 3. The van der Waals surface area contributed by atoms with Crippen molar-refractivity contribution in [3.63, 3.8) is 0 Å². The minimum absolute atomic E-state index is 0.527. The molecule has 1 aromatic heterocycles. The number of hydrogen-bond donors (Lipinski definition) is 1. The van der Waals surface area contributed by atoms with Crippen LogP contribution in [0.25, 0.3) is 11.4 Å². The van der Waals surface area contributed by atoms with Gasteiger partial charge in [0.15, 0.2) is 5.82 Å². The molecule has 0 bridgehead atoms. The zero-order valence-electron chi connectivity index (χ0n) is 15.8. The summed E-state index contributed by atoms with van der Waals surface area (Å²) in [6.45, 7) is 4.07. The van der Waals surface area contributed by atoms with Gasteiger partial charge in [-0.1, -0.05) is 12.1 Å². The Morgan fingerprint density at radius 3 is 2.37 bits per heavy atom. The first-order valence-corrected chi connectivity index (χ1v) is 9.21. The molecule has 0 fully saturated rings. The van der Waals surface area contributed by atoms with E-state index in [1.54, 1.807) is 7.11 Å². The summed E-state index contributed by atoms with van der Waals surface area (Å²) in [7, 11) is 3.70. The van der Waals surface area contributed by atoms with Crippen molar-refractivity contribution < 1.29 is 9.47 Å². The van der Waals surface area contributed by atoms with Crippen LogP contribution in [-0.2, 0) is 13.2 Å². The molecule has 3 aromatic rings. The minimum atomic E-state index is 0.527. The molecule has 142 valence electrons. The van der Waals surface area contributed by atoms with Crippen LogP contribution in [0.2, 0.25) is 0 Å². The van der Waals surface area contributed by atoms with Crippen molar-refractivity contribution in [3.05, 3.63) is 58.9 Å². The summed E-state index contributed by atoms with van der Waals surface area (Å²) < 4.78 is 13.1. The van der Waals surface area contributed by atoms with Crippen LogP contribution in [0, 0.1) is 4.77 Å². The van der Waals surface area contributed by atoms with E-state index in [4.69, 9.17) is 21.7 Å². The highest BCUT2D eigenvalue weighted by molar-refractivity contribution is 7.71. The highest BCUT2D eigenvalue weighted by Gasteiger charge is 2.08. The number of methoxy groups -OCH3 is 1. The van der Waals surface area contributed by atoms with Gasteiger partial charge in [0.1, 0.15) is 11.5 Å². The van der Waals surface area contributed by atoms with Crippen molar-refractivity contribution in [1.82, 2.24) is 19.7 Å². The second kappa shape index (κ2) is 8.83. The van der Waals surface area contributed by atoms with Gasteiger partial charge in [0.25, 0.3) is 0 Å². The maximum Gasteiger partial charge on any atom is 0.217 e. The Labute approximate surface area is 164 Å². The number of aromatic amines is 1. The third kappa shape index (κ3) is 4.96. The molecule has 0 spiro atoms. The van der Waals surface area contributed by atoms with Crippen LogP contribution < -0.4 is 9.47 Å². The van der Waals surface area contributed by atoms with Crippen LogP contribution >= 0.6 is 12.2 Å². The number of benzene rings is 2. The highest BCUT2D eigenvalue weighted by Crippen LogP contribution is 2.19. The molecule has 0 saturated carbocycles. The maximum absolute atomic E-state index is 5.48. The molecular formula is C20H24N4O2S. The van der Waals surface area contributed by atoms with Gasteiger partial charge in [0, 0.05) is 12.1 Å². The van der Waals surface area contributed by atoms with Crippen LogP contribution in [-0.4, -0.2) is 40.4 Å². The molecule has 6 nitrogen and oxygen atoms in total. The third-order valence-electron chi connectivity index (χ3n) is 4.11. The zero-order chi connectivity index (χ0) is 19.2. The maximum atomic E-state index is 5.48. The first-order chi connectivity index (χ1) is 13.1. The number of hydrogen-bond acceptors (Lipinski definition) is 5. The molecular weight excluding hydrogens is 360 g/mol. The van der Waals surface area contributed by atoms with Gasteiger partial charge in [0.2, 0.25) is 4.77 Å². The van der Waals surface area contributed by atoms with Crippen molar-refractivity contribution in [3.8, 4) is 22.9 Å². The molecule has 1 N–H and O–H groups in total. The molecule has 0 atom stereocenters. The van der Waals surface area contributed by atoms with Crippen LogP contribution in [0.5, 0.6) is 11.5 Å². The van der Waals surface area contributed by atoms with E-state index in [2.05, 4.69) is 27.1 Å². The average Bonchev–Trinajstić information content (AvgIpc) is 3.04. The summed E-state index contributed by atoms with van der Waals surface area (Å²) in [5.41, 5.74) is 2.18. The normalized spacial score (nSPS) is 11.0. The largest absolute Gasteiger partial charge is 0.497 e. The van der Waals surface area contributed by atoms with E-state index < -0.39 is 0 Å². The summed E-state index contributed by atoms with van der Waals surface area (Å²) >= 11 is 5.40. The van der Waals surface area contributed by atoms with Crippen molar-refractivity contribution in [2.24, 2.45) is 0 Å². The number of nitrogens with one attached hydrogen (secondary N) is 1. The number of H-pyrrole nitrogens is 1. The molecule has 7 heteroatoms. The van der Waals surface area contributed by atoms with E-state index in [9.17, 15) is 0 Å². The predicted molar refractivity (Wildman–Crippen MR) is 108 cm³/mol. The summed E-state index contributed by atoms with van der Waals surface area (Å²) in [5.74, 6) is 2.45. The van der Waals surface area contributed by atoms with Crippen molar-refractivity contribution in [2.45, 2.75) is 20.1 Å². The molecule has 1 heterocycles. The minimum Gasteiger partial charge on any atom is -0.497 e. The predicted octanol–water partition coefficient (Wildman–Crippen LogP) is 4.10. The molecule has 0 aliphatic heterocycles. The van der Waals surface area contributed by atoms with Crippen LogP contribution in [0.15, 0.2) is 48.5 Å². The third-order valence-corrected chi connectivity index (χ3v) is 4.42. The Bertz CT molecular complexity index is 916. The molecule has 3 rings (SSSR count). The van der Waals surface area contributed by atoms with E-state index in [-0.39, 0.29) is 0 Å². The quantitative estimate of drug-likeness (QED) is 0.593. The van der Waals surface area contributed by atoms with Crippen molar-refractivity contribution in [2.75, 3.05) is 20.8 Å². The second-order valence-corrected chi connectivity index (χ2v) is 6.61. The van der Waals surface area contributed by atoms with E-state index in [1.807, 2.05) is 55.1 Å². The molecule has 0 aliphatic carbocycles. The van der Waals surface area contributed by atoms with Crippen LogP contribution in [0.1, 0.15) is 12.5 Å². The summed E-state index contributed by atoms with van der Waals surface area (Å²) in [4.78, 5) is 6.63. The molecule has 27 heavy (non-hydrogen) atoms. The smallest absolute Gasteiger partial charge is 0.217 e. The number of ether oxygens (including phenoxy) is 2. The van der Waals surface area contributed by atoms with Gasteiger partial charge in [-0.15, -0.1) is 0 Å². The number of rotatable bonds is 8. The van der Waals surface area contributed by atoms with Crippen molar-refractivity contribution in [1.29, 1.82) is 0 Å². The molecule has 0 radical (unpaired) electrons. The lowest BCUT2D eigenvalue weighted by atomic mass is 10.2. The van der Waals surface area contributed by atoms with E-state index in [1.165, 1.54) is 5.56 Å². The molecule has 0 saturated heterocycles. The van der Waals surface area contributed by atoms with Crippen LogP contribution in [0.3, 0.4) is 0 Å². The highest BCUT2D eigenvalue weighted by atomic mass is 32.1. The SMILES string of the molecule is CCOc1ccc(CN(C)Cn2[nH]c(-c3ccc(OC)cc3)nc2=S)cc1. The first kappa shape index (κ1) is 19.1. The molecule has 0 amide bonds. The molecule has 0 unspecified atom stereocenters. The average molecular weight is 385 g/mol. The Morgan fingerprint density at radius 2 is 1.74 bits per heavy atom. The van der Waals surface area contributed by atoms with E-state index >= 15 is 0 Å². The van der Waals surface area contributed by atoms with Crippen LogP contribution in [0.4, 0.5) is 0 Å². The van der Waals surface area contributed by atoms with E-state index in [0.717, 1.165) is 29.4 Å². The fourth-order valence-electron chi connectivity index (χ4n) is 2.79. The topological polar surface area (TPSA) is 55.3 Å². The monoisotopic (exact) mass is 384 g/mol. The zero-order valence-corrected chi connectivity index (χ0v) is 16.6. The number of nitrogens with zero attached hydrogens (tertiary/aromatic N) is 3. The van der Waals surface area contributed by atoms with E-state index in [0.29, 0.717) is 18.0 Å². The van der Waals surface area contributed by atoms with Gasteiger partial charge in [-0.2, -0.15) is 4.98 Å². The Kier molecular flexibility index (Phi) is 6.26. The summed E-state index contributed by atoms with van der Waals surface area (Å²) in [5, 5.41) is 3.28. The van der Waals surface area contributed by atoms with Crippen molar-refractivity contribution >= 4 is 12.2 Å². The summed E-state index contributed by atoms with van der Waals surface area (Å²) in [6, 6.07) is 15.9. The lowest BCUT2D eigenvalue weighted by molar-refractivity contribution is 0.244. The first-order valence-electron chi connectivity index (χ1n) is 8.80. The van der Waals surface area contributed by atoms with Gasteiger partial charge in [-0.3, -0.25) is 10.00 Å². The summed E-state index contributed by atoms with van der Waals surface area (Å²) in [6.07, 6.45) is 0. The Morgan fingerprint density at radius 1 is 1.07 bits per heavy atom. The van der Waals surface area contributed by atoms with Gasteiger partial charge >= 0.3 is 0 Å². The lowest BCUT2D eigenvalue weighted by Crippen LogP contribution is -2.22. The van der Waals surface area contributed by atoms with Gasteiger partial charge < -0.3 is 9.47 Å². The van der Waals surface area contributed by atoms with Gasteiger partial charge in [-0.05, 0) is 68.2 Å². The van der Waals surface area contributed by atoms with Gasteiger partial charge in [0.05, 0.1) is 20.4 Å². The molecule has 2 aromatic carbocycles. The Balaban J connectivity index is 1.66. The molecule has 0 aliphatic rings. The lowest BCUT2D eigenvalue weighted by Gasteiger charge is -2.17. The second-order valence-electron chi connectivity index (χ2n) is 6.24.